The summed E-state index contributed by atoms with van der Waals surface area (Å²) in [6.45, 7) is 2.44. The Balaban J connectivity index is 2.06. The van der Waals surface area contributed by atoms with Gasteiger partial charge in [0.25, 0.3) is 10.0 Å². The third-order valence-corrected chi connectivity index (χ3v) is 6.84. The van der Waals surface area contributed by atoms with Gasteiger partial charge in [-0.15, -0.1) is 0 Å². The van der Waals surface area contributed by atoms with Gasteiger partial charge in [0.2, 0.25) is 5.13 Å². The van der Waals surface area contributed by atoms with Crippen LogP contribution in [0.3, 0.4) is 0 Å². The van der Waals surface area contributed by atoms with Gasteiger partial charge in [-0.25, -0.2) is 17.7 Å². The normalized spacial score (nSPS) is 11.8. The van der Waals surface area contributed by atoms with Crippen LogP contribution < -0.4 is 4.31 Å². The molecule has 0 saturated heterocycles. The molecule has 0 radical (unpaired) electrons. The standard InChI is InChI=1S/C17H17ClN2O2S2/c1-2-3-12-20(17-19-15-6-4-5-7-16(15)23-17)24(21,22)14-10-8-13(18)9-11-14/h4-11H,2-3,12H2,1H3. The van der Waals surface area contributed by atoms with Gasteiger partial charge in [-0.1, -0.05) is 48.4 Å². The van der Waals surface area contributed by atoms with E-state index < -0.39 is 10.0 Å². The monoisotopic (exact) mass is 380 g/mol. The van der Waals surface area contributed by atoms with Crippen LogP contribution in [0.25, 0.3) is 10.2 Å². The predicted octanol–water partition coefficient (Wildman–Crippen LogP) is 4.95. The van der Waals surface area contributed by atoms with Crippen molar-refractivity contribution in [3.05, 3.63) is 53.6 Å². The van der Waals surface area contributed by atoms with Crippen molar-refractivity contribution in [3.8, 4) is 0 Å². The van der Waals surface area contributed by atoms with Crippen molar-refractivity contribution in [2.24, 2.45) is 0 Å². The average molecular weight is 381 g/mol. The van der Waals surface area contributed by atoms with Gasteiger partial charge in [-0.3, -0.25) is 0 Å². The molecule has 126 valence electrons. The minimum Gasteiger partial charge on any atom is -0.241 e. The first-order valence-corrected chi connectivity index (χ1v) is 10.3. The molecule has 0 N–H and O–H groups in total. The van der Waals surface area contributed by atoms with E-state index in [0.717, 1.165) is 23.1 Å². The van der Waals surface area contributed by atoms with Crippen molar-refractivity contribution in [3.63, 3.8) is 0 Å². The first-order chi connectivity index (χ1) is 11.5. The largest absolute Gasteiger partial charge is 0.266 e. The summed E-state index contributed by atoms with van der Waals surface area (Å²) >= 11 is 7.27. The third-order valence-electron chi connectivity index (χ3n) is 3.61. The van der Waals surface area contributed by atoms with Gasteiger partial charge in [-0.05, 0) is 42.8 Å². The molecule has 0 saturated carbocycles. The number of hydrogen-bond donors (Lipinski definition) is 0. The molecule has 2 aromatic carbocycles. The third kappa shape index (κ3) is 3.41. The first kappa shape index (κ1) is 17.2. The number of halogens is 1. The fraction of sp³-hybridized carbons (Fsp3) is 0.235. The lowest BCUT2D eigenvalue weighted by Gasteiger charge is -2.21. The summed E-state index contributed by atoms with van der Waals surface area (Å²) in [5, 5.41) is 1.01. The summed E-state index contributed by atoms with van der Waals surface area (Å²) in [6, 6.07) is 13.9. The number of sulfonamides is 1. The fourth-order valence-corrected chi connectivity index (χ4v) is 5.10. The number of para-hydroxylation sites is 1. The molecule has 0 spiro atoms. The van der Waals surface area contributed by atoms with Gasteiger partial charge in [-0.2, -0.15) is 0 Å². The number of nitrogens with zero attached hydrogens (tertiary/aromatic N) is 2. The number of hydrogen-bond acceptors (Lipinski definition) is 4. The van der Waals surface area contributed by atoms with Crippen molar-refractivity contribution in [1.82, 2.24) is 4.98 Å². The van der Waals surface area contributed by atoms with Crippen LogP contribution in [0.5, 0.6) is 0 Å². The Morgan fingerprint density at radius 2 is 1.83 bits per heavy atom. The van der Waals surface area contributed by atoms with Crippen LogP contribution in [-0.4, -0.2) is 19.9 Å². The van der Waals surface area contributed by atoms with E-state index in [1.54, 1.807) is 12.1 Å². The lowest BCUT2D eigenvalue weighted by Crippen LogP contribution is -2.31. The lowest BCUT2D eigenvalue weighted by molar-refractivity contribution is 0.588. The van der Waals surface area contributed by atoms with E-state index in [-0.39, 0.29) is 4.90 Å². The Kier molecular flexibility index (Phi) is 5.08. The molecule has 3 rings (SSSR count). The Labute approximate surface area is 150 Å². The van der Waals surface area contributed by atoms with Crippen LogP contribution in [0.4, 0.5) is 5.13 Å². The fourth-order valence-electron chi connectivity index (χ4n) is 2.32. The lowest BCUT2D eigenvalue weighted by atomic mass is 10.3. The van der Waals surface area contributed by atoms with Crippen molar-refractivity contribution >= 4 is 48.3 Å². The Morgan fingerprint density at radius 3 is 2.50 bits per heavy atom. The van der Waals surface area contributed by atoms with Crippen molar-refractivity contribution in [1.29, 1.82) is 0 Å². The van der Waals surface area contributed by atoms with E-state index in [9.17, 15) is 8.42 Å². The van der Waals surface area contributed by atoms with E-state index in [2.05, 4.69) is 4.98 Å². The highest BCUT2D eigenvalue weighted by atomic mass is 35.5. The molecule has 4 nitrogen and oxygen atoms in total. The Bertz CT molecular complexity index is 904. The zero-order valence-corrected chi connectivity index (χ0v) is 15.5. The Morgan fingerprint density at radius 1 is 1.12 bits per heavy atom. The molecule has 3 aromatic rings. The van der Waals surface area contributed by atoms with Crippen molar-refractivity contribution in [2.75, 3.05) is 10.8 Å². The second-order valence-electron chi connectivity index (χ2n) is 5.35. The molecular formula is C17H17ClN2O2S2. The van der Waals surface area contributed by atoms with Gasteiger partial charge in [0, 0.05) is 11.6 Å². The minimum atomic E-state index is -3.67. The molecule has 1 aromatic heterocycles. The summed E-state index contributed by atoms with van der Waals surface area (Å²) < 4.78 is 28.5. The number of fused-ring (bicyclic) bond motifs is 1. The quantitative estimate of drug-likeness (QED) is 0.608. The van der Waals surface area contributed by atoms with Gasteiger partial charge >= 0.3 is 0 Å². The number of benzene rings is 2. The van der Waals surface area contributed by atoms with Gasteiger partial charge in [0.15, 0.2) is 0 Å². The molecule has 0 aliphatic heterocycles. The summed E-state index contributed by atoms with van der Waals surface area (Å²) in [4.78, 5) is 4.74. The highest BCUT2D eigenvalue weighted by molar-refractivity contribution is 7.93. The van der Waals surface area contributed by atoms with Crippen LogP contribution in [0.15, 0.2) is 53.4 Å². The van der Waals surface area contributed by atoms with Crippen LogP contribution in [0, 0.1) is 0 Å². The zero-order chi connectivity index (χ0) is 17.2. The predicted molar refractivity (Wildman–Crippen MR) is 101 cm³/mol. The molecule has 0 atom stereocenters. The number of anilines is 1. The Hall–Kier alpha value is -1.63. The maximum Gasteiger partial charge on any atom is 0.266 e. The highest BCUT2D eigenvalue weighted by Gasteiger charge is 2.27. The second-order valence-corrected chi connectivity index (χ2v) is 8.66. The first-order valence-electron chi connectivity index (χ1n) is 7.66. The van der Waals surface area contributed by atoms with E-state index in [1.165, 1.54) is 27.8 Å². The van der Waals surface area contributed by atoms with E-state index >= 15 is 0 Å². The topological polar surface area (TPSA) is 50.3 Å². The van der Waals surface area contributed by atoms with Crippen LogP contribution in [-0.2, 0) is 10.0 Å². The molecule has 0 aliphatic rings. The molecule has 24 heavy (non-hydrogen) atoms. The summed E-state index contributed by atoms with van der Waals surface area (Å²) in [7, 11) is -3.67. The maximum absolute atomic E-state index is 13.1. The van der Waals surface area contributed by atoms with Gasteiger partial charge < -0.3 is 0 Å². The van der Waals surface area contributed by atoms with Gasteiger partial charge in [0.05, 0.1) is 15.1 Å². The highest BCUT2D eigenvalue weighted by Crippen LogP contribution is 2.32. The summed E-state index contributed by atoms with van der Waals surface area (Å²) in [5.41, 5.74) is 0.810. The van der Waals surface area contributed by atoms with Crippen LogP contribution in [0.1, 0.15) is 19.8 Å². The SMILES string of the molecule is CCCCN(c1nc2ccccc2s1)S(=O)(=O)c1ccc(Cl)cc1. The number of rotatable bonds is 6. The number of thiazole rings is 1. The molecule has 0 aliphatic carbocycles. The molecule has 0 fully saturated rings. The number of unbranched alkanes of at least 4 members (excludes halogenated alkanes) is 1. The molecular weight excluding hydrogens is 364 g/mol. The molecule has 7 heteroatoms. The molecule has 0 bridgehead atoms. The average Bonchev–Trinajstić information content (AvgIpc) is 2.99. The minimum absolute atomic E-state index is 0.224. The van der Waals surface area contributed by atoms with Crippen molar-refractivity contribution < 1.29 is 8.42 Å². The van der Waals surface area contributed by atoms with Crippen LogP contribution >= 0.6 is 22.9 Å². The number of aromatic nitrogens is 1. The van der Waals surface area contributed by atoms with E-state index in [4.69, 9.17) is 11.6 Å². The summed E-state index contributed by atoms with van der Waals surface area (Å²) in [5.74, 6) is 0. The molecule has 0 unspecified atom stereocenters. The molecule has 1 heterocycles. The van der Waals surface area contributed by atoms with Crippen molar-refractivity contribution in [2.45, 2.75) is 24.7 Å². The van der Waals surface area contributed by atoms with E-state index in [1.807, 2.05) is 31.2 Å². The van der Waals surface area contributed by atoms with Crippen LogP contribution in [0.2, 0.25) is 5.02 Å². The second kappa shape index (κ2) is 7.09. The zero-order valence-electron chi connectivity index (χ0n) is 13.1. The molecule has 0 amide bonds. The maximum atomic E-state index is 13.1. The van der Waals surface area contributed by atoms with E-state index in [0.29, 0.717) is 16.7 Å². The smallest absolute Gasteiger partial charge is 0.241 e. The van der Waals surface area contributed by atoms with Gasteiger partial charge in [0.1, 0.15) is 0 Å². The summed E-state index contributed by atoms with van der Waals surface area (Å²) in [6.07, 6.45) is 1.67.